The van der Waals surface area contributed by atoms with Crippen molar-refractivity contribution in [3.63, 3.8) is 0 Å². The van der Waals surface area contributed by atoms with Crippen LogP contribution in [0.3, 0.4) is 0 Å². The van der Waals surface area contributed by atoms with Gasteiger partial charge in [-0.3, -0.25) is 9.59 Å². The summed E-state index contributed by atoms with van der Waals surface area (Å²) in [5.41, 5.74) is 2.28. The first-order valence-electron chi connectivity index (χ1n) is 17.9. The van der Waals surface area contributed by atoms with Crippen LogP contribution in [-0.2, 0) is 20.9 Å². The molecule has 2 fully saturated rings. The van der Waals surface area contributed by atoms with Gasteiger partial charge in [0.2, 0.25) is 11.8 Å². The van der Waals surface area contributed by atoms with E-state index in [0.29, 0.717) is 30.4 Å². The molecule has 0 bridgehead atoms. The van der Waals surface area contributed by atoms with Crippen molar-refractivity contribution in [2.75, 3.05) is 46.4 Å². The third kappa shape index (κ3) is 9.52. The molecule has 0 saturated carbocycles. The molecule has 49 heavy (non-hydrogen) atoms. The summed E-state index contributed by atoms with van der Waals surface area (Å²) in [6.07, 6.45) is 6.36. The maximum Gasteiger partial charge on any atom is 0.288 e. The Balaban J connectivity index is 1.30. The minimum absolute atomic E-state index is 0.0451. The SMILES string of the molecule is COc1cc(CNC(=O)[C@@H]2CN(C3=N[C@@H](C)[C@H](c4ccccc4)O3)CCN2C(=O)[C@@H](CCCCN2CCCCC2)NC(C)C)ccc1C#N. The van der Waals surface area contributed by atoms with Gasteiger partial charge in [0.25, 0.3) is 6.02 Å². The Bertz CT molecular complexity index is 1470. The number of hydrogen-bond acceptors (Lipinski definition) is 9. The van der Waals surface area contributed by atoms with Gasteiger partial charge in [-0.1, -0.05) is 63.1 Å². The molecule has 264 valence electrons. The van der Waals surface area contributed by atoms with Gasteiger partial charge in [0, 0.05) is 25.7 Å². The number of methoxy groups -OCH3 is 1. The van der Waals surface area contributed by atoms with Gasteiger partial charge >= 0.3 is 0 Å². The third-order valence-corrected chi connectivity index (χ3v) is 9.70. The number of likely N-dealkylation sites (tertiary alicyclic amines) is 1. The Hall–Kier alpha value is -4.14. The van der Waals surface area contributed by atoms with E-state index >= 15 is 0 Å². The van der Waals surface area contributed by atoms with Crippen LogP contribution >= 0.6 is 0 Å². The fourth-order valence-corrected chi connectivity index (χ4v) is 7.07. The van der Waals surface area contributed by atoms with Crippen LogP contribution in [0, 0.1) is 11.3 Å². The van der Waals surface area contributed by atoms with Crippen molar-refractivity contribution in [1.29, 1.82) is 5.26 Å². The Morgan fingerprint density at radius 2 is 1.84 bits per heavy atom. The third-order valence-electron chi connectivity index (χ3n) is 9.70. The zero-order valence-corrected chi connectivity index (χ0v) is 29.6. The second-order valence-corrected chi connectivity index (χ2v) is 13.7. The molecule has 2 aromatic carbocycles. The second kappa shape index (κ2) is 17.5. The summed E-state index contributed by atoms with van der Waals surface area (Å²) in [5.74, 6) is 0.161. The number of nitriles is 1. The number of aliphatic imine (C=N–C) groups is 1. The minimum Gasteiger partial charge on any atom is -0.495 e. The highest BCUT2D eigenvalue weighted by Crippen LogP contribution is 2.31. The number of hydrogen-bond donors (Lipinski definition) is 2. The molecule has 2 amide bonds. The lowest BCUT2D eigenvalue weighted by Crippen LogP contribution is -2.64. The van der Waals surface area contributed by atoms with E-state index in [1.165, 1.54) is 39.5 Å². The first kappa shape index (κ1) is 36.1. The predicted molar refractivity (Wildman–Crippen MR) is 190 cm³/mol. The fraction of sp³-hybridized carbons (Fsp3) is 0.579. The van der Waals surface area contributed by atoms with Crippen LogP contribution in [0.5, 0.6) is 5.75 Å². The summed E-state index contributed by atoms with van der Waals surface area (Å²) in [5, 5.41) is 16.0. The maximum absolute atomic E-state index is 14.3. The highest BCUT2D eigenvalue weighted by atomic mass is 16.5. The molecular formula is C38H53N7O4. The van der Waals surface area contributed by atoms with Gasteiger partial charge in [-0.2, -0.15) is 5.26 Å². The standard InChI is InChI=1S/C38H53N7O4/c1-27(2)41-32(15-9-12-20-43-18-10-6-11-19-43)37(47)45-22-21-44(38-42-28(3)35(49-38)30-13-7-5-8-14-30)26-33(45)36(46)40-25-29-16-17-31(24-39)34(23-29)48-4/h5,7-8,13-14,16-17,23,27-28,32-33,35,41H,6,9-12,15,18-22,25-26H2,1-4H3,(H,40,46)/t28-,32+,33-,35+/m0/s1. The van der Waals surface area contributed by atoms with Crippen LogP contribution in [0.25, 0.3) is 0 Å². The number of rotatable bonds is 13. The van der Waals surface area contributed by atoms with Crippen molar-refractivity contribution in [2.45, 2.75) is 96.1 Å². The number of nitrogens with one attached hydrogen (secondary N) is 2. The Kier molecular flexibility index (Phi) is 12.9. The van der Waals surface area contributed by atoms with E-state index in [2.05, 4.69) is 35.5 Å². The zero-order chi connectivity index (χ0) is 34.8. The van der Waals surface area contributed by atoms with Crippen LogP contribution in [0.4, 0.5) is 0 Å². The molecule has 3 heterocycles. The maximum atomic E-state index is 14.3. The topological polar surface area (TPSA) is 123 Å². The lowest BCUT2D eigenvalue weighted by Gasteiger charge is -2.42. The zero-order valence-electron chi connectivity index (χ0n) is 29.6. The van der Waals surface area contributed by atoms with Crippen molar-refractivity contribution in [3.8, 4) is 11.8 Å². The number of carbonyl (C=O) groups excluding carboxylic acids is 2. The number of nitrogens with zero attached hydrogens (tertiary/aromatic N) is 5. The van der Waals surface area contributed by atoms with Crippen molar-refractivity contribution < 1.29 is 19.1 Å². The molecule has 3 aliphatic rings. The van der Waals surface area contributed by atoms with Crippen molar-refractivity contribution in [3.05, 3.63) is 65.2 Å². The molecule has 0 aliphatic carbocycles. The molecule has 11 heteroatoms. The average Bonchev–Trinajstić information content (AvgIpc) is 3.53. The minimum atomic E-state index is -0.747. The highest BCUT2D eigenvalue weighted by molar-refractivity contribution is 5.91. The second-order valence-electron chi connectivity index (χ2n) is 13.7. The van der Waals surface area contributed by atoms with Crippen LogP contribution in [0.1, 0.15) is 82.1 Å². The largest absolute Gasteiger partial charge is 0.495 e. The van der Waals surface area contributed by atoms with E-state index in [1.807, 2.05) is 42.2 Å². The lowest BCUT2D eigenvalue weighted by atomic mass is 10.0. The summed E-state index contributed by atoms with van der Waals surface area (Å²) in [4.78, 5) is 39.5. The number of piperidine rings is 1. The monoisotopic (exact) mass is 671 g/mol. The lowest BCUT2D eigenvalue weighted by molar-refractivity contribution is -0.145. The summed E-state index contributed by atoms with van der Waals surface area (Å²) in [6.45, 7) is 10.9. The van der Waals surface area contributed by atoms with Gasteiger partial charge < -0.3 is 34.8 Å². The van der Waals surface area contributed by atoms with Gasteiger partial charge in [-0.15, -0.1) is 0 Å². The number of unbranched alkanes of at least 4 members (excludes halogenated alkanes) is 1. The summed E-state index contributed by atoms with van der Waals surface area (Å²) in [6, 6.07) is 16.8. The molecule has 0 aromatic heterocycles. The molecule has 2 aromatic rings. The van der Waals surface area contributed by atoms with Crippen LogP contribution in [0.15, 0.2) is 53.5 Å². The first-order chi connectivity index (χ1) is 23.8. The molecule has 4 atom stereocenters. The summed E-state index contributed by atoms with van der Waals surface area (Å²) in [7, 11) is 1.52. The van der Waals surface area contributed by atoms with Crippen LogP contribution < -0.4 is 15.4 Å². The van der Waals surface area contributed by atoms with E-state index in [9.17, 15) is 14.9 Å². The van der Waals surface area contributed by atoms with E-state index in [4.69, 9.17) is 14.5 Å². The first-order valence-corrected chi connectivity index (χ1v) is 17.9. The van der Waals surface area contributed by atoms with E-state index < -0.39 is 6.04 Å². The molecule has 0 spiro atoms. The number of ether oxygens (including phenoxy) is 2. The molecule has 5 rings (SSSR count). The van der Waals surface area contributed by atoms with Crippen molar-refractivity contribution in [2.24, 2.45) is 4.99 Å². The van der Waals surface area contributed by atoms with Gasteiger partial charge in [0.15, 0.2) is 0 Å². The van der Waals surface area contributed by atoms with Crippen LogP contribution in [-0.4, -0.2) is 103 Å². The van der Waals surface area contributed by atoms with Crippen LogP contribution in [0.2, 0.25) is 0 Å². The van der Waals surface area contributed by atoms with E-state index in [0.717, 1.165) is 36.9 Å². The Morgan fingerprint density at radius 3 is 2.55 bits per heavy atom. The normalized spacial score (nSPS) is 21.9. The van der Waals surface area contributed by atoms with Crippen molar-refractivity contribution in [1.82, 2.24) is 25.3 Å². The number of amidine groups is 1. The number of piperazine rings is 1. The quantitative estimate of drug-likeness (QED) is 0.304. The smallest absolute Gasteiger partial charge is 0.288 e. The van der Waals surface area contributed by atoms with Gasteiger partial charge in [0.1, 0.15) is 24.0 Å². The average molecular weight is 672 g/mol. The number of amides is 2. The molecule has 0 radical (unpaired) electrons. The van der Waals surface area contributed by atoms with Crippen molar-refractivity contribution >= 4 is 17.8 Å². The number of carbonyl (C=O) groups is 2. The fourth-order valence-electron chi connectivity index (χ4n) is 7.07. The van der Waals surface area contributed by atoms with Gasteiger partial charge in [-0.25, -0.2) is 4.99 Å². The van der Waals surface area contributed by atoms with E-state index in [1.54, 1.807) is 23.1 Å². The Morgan fingerprint density at radius 1 is 1.06 bits per heavy atom. The summed E-state index contributed by atoms with van der Waals surface area (Å²) < 4.78 is 11.8. The van der Waals surface area contributed by atoms with Gasteiger partial charge in [-0.05, 0) is 75.5 Å². The molecule has 11 nitrogen and oxygen atoms in total. The molecule has 2 N–H and O–H groups in total. The molecular weight excluding hydrogens is 618 g/mol. The molecule has 0 unspecified atom stereocenters. The summed E-state index contributed by atoms with van der Waals surface area (Å²) >= 11 is 0. The highest BCUT2D eigenvalue weighted by Gasteiger charge is 2.41. The Labute approximate surface area is 291 Å². The van der Waals surface area contributed by atoms with Gasteiger partial charge in [0.05, 0.1) is 31.3 Å². The van der Waals surface area contributed by atoms with E-state index in [-0.39, 0.29) is 49.1 Å². The number of benzene rings is 2. The molecule has 3 aliphatic heterocycles. The predicted octanol–water partition coefficient (Wildman–Crippen LogP) is 4.23. The molecule has 2 saturated heterocycles.